The van der Waals surface area contributed by atoms with Gasteiger partial charge in [0.2, 0.25) is 0 Å². The van der Waals surface area contributed by atoms with Crippen LogP contribution in [-0.4, -0.2) is 7.11 Å². The second kappa shape index (κ2) is 5.02. The van der Waals surface area contributed by atoms with Gasteiger partial charge in [0.1, 0.15) is 0 Å². The van der Waals surface area contributed by atoms with Gasteiger partial charge in [0.05, 0.1) is 12.9 Å². The van der Waals surface area contributed by atoms with Crippen molar-refractivity contribution in [2.75, 3.05) is 7.11 Å². The molecule has 0 aromatic rings. The van der Waals surface area contributed by atoms with E-state index in [0.717, 1.165) is 30.1 Å². The van der Waals surface area contributed by atoms with Crippen LogP contribution in [0.3, 0.4) is 0 Å². The molecule has 0 aliphatic heterocycles. The predicted molar refractivity (Wildman–Crippen MR) is 98.4 cm³/mol. The average molecular weight is 325 g/mol. The Labute approximate surface area is 147 Å². The number of hydrogen-bond acceptors (Lipinski definition) is 1. The van der Waals surface area contributed by atoms with Crippen LogP contribution in [0.1, 0.15) is 65.2 Å². The molecule has 0 heterocycles. The van der Waals surface area contributed by atoms with Gasteiger partial charge in [-0.1, -0.05) is 31.6 Å². The first-order valence-electron chi connectivity index (χ1n) is 10.2. The minimum Gasteiger partial charge on any atom is -0.501 e. The first-order chi connectivity index (χ1) is 11.6. The first kappa shape index (κ1) is 15.3. The van der Waals surface area contributed by atoms with Crippen molar-refractivity contribution in [3.8, 4) is 0 Å². The normalized spacial score (nSPS) is 47.0. The van der Waals surface area contributed by atoms with Crippen molar-refractivity contribution in [3.63, 3.8) is 0 Å². The highest BCUT2D eigenvalue weighted by molar-refractivity contribution is 5.45. The Morgan fingerprint density at radius 2 is 1.83 bits per heavy atom. The zero-order valence-corrected chi connectivity index (χ0v) is 15.6. The molecule has 0 bridgehead atoms. The molecule has 5 aliphatic rings. The van der Waals surface area contributed by atoms with Gasteiger partial charge in [-0.05, 0) is 85.7 Å². The molecule has 2 unspecified atom stereocenters. The number of fused-ring (bicyclic) bond motifs is 5. The van der Waals surface area contributed by atoms with E-state index < -0.39 is 0 Å². The summed E-state index contributed by atoms with van der Waals surface area (Å²) in [7, 11) is 1.82. The van der Waals surface area contributed by atoms with E-state index >= 15 is 0 Å². The molecule has 0 aromatic heterocycles. The van der Waals surface area contributed by atoms with Crippen LogP contribution in [0.15, 0.2) is 35.1 Å². The molecule has 5 atom stereocenters. The van der Waals surface area contributed by atoms with Gasteiger partial charge in [0.25, 0.3) is 0 Å². The van der Waals surface area contributed by atoms with Crippen LogP contribution >= 0.6 is 0 Å². The third-order valence-electron chi connectivity index (χ3n) is 8.64. The fourth-order valence-electron chi connectivity index (χ4n) is 7.09. The van der Waals surface area contributed by atoms with Crippen LogP contribution < -0.4 is 0 Å². The number of methoxy groups -OCH3 is 1. The molecule has 0 spiro atoms. The number of allylic oxidation sites excluding steroid dienone is 6. The molecule has 2 saturated carbocycles. The summed E-state index contributed by atoms with van der Waals surface area (Å²) in [6.07, 6.45) is 18.6. The van der Waals surface area contributed by atoms with Gasteiger partial charge >= 0.3 is 0 Å². The Morgan fingerprint density at radius 3 is 2.58 bits per heavy atom. The standard InChI is InChI=1S/C23H32O/c1-22-12-10-17(24-3)14-16(22)6-7-18-20-9-8-19(15-4-5-15)23(20,2)13-11-21(18)22/h6,11,14-15,18-20H,4-5,7-10,12-13H2,1-3H3/t18?,19-,20?,22+,23-/m1/s1. The summed E-state index contributed by atoms with van der Waals surface area (Å²) in [6.45, 7) is 5.15. The molecule has 0 radical (unpaired) electrons. The number of ether oxygens (including phenoxy) is 1. The van der Waals surface area contributed by atoms with E-state index in [0.29, 0.717) is 5.41 Å². The summed E-state index contributed by atoms with van der Waals surface area (Å²) in [5, 5.41) is 0. The van der Waals surface area contributed by atoms with Gasteiger partial charge in [-0.3, -0.25) is 0 Å². The topological polar surface area (TPSA) is 9.23 Å². The third kappa shape index (κ3) is 1.93. The Balaban J connectivity index is 1.52. The molecule has 1 heteroatoms. The molecule has 1 nitrogen and oxygen atoms in total. The zero-order valence-electron chi connectivity index (χ0n) is 15.6. The largest absolute Gasteiger partial charge is 0.501 e. The maximum atomic E-state index is 5.55. The Kier molecular flexibility index (Phi) is 3.20. The van der Waals surface area contributed by atoms with Gasteiger partial charge in [-0.15, -0.1) is 0 Å². The number of rotatable bonds is 2. The van der Waals surface area contributed by atoms with Crippen molar-refractivity contribution in [3.05, 3.63) is 35.1 Å². The first-order valence-corrected chi connectivity index (χ1v) is 10.2. The highest BCUT2D eigenvalue weighted by Gasteiger charge is 2.57. The molecular weight excluding hydrogens is 292 g/mol. The van der Waals surface area contributed by atoms with Crippen molar-refractivity contribution in [2.24, 2.45) is 34.5 Å². The SMILES string of the molecule is COC1=CC2=CCC3C(=CC[C@@]4(C)C3CC[C@@H]4C3CC3)[C@@]2(C)CC1. The van der Waals surface area contributed by atoms with Crippen molar-refractivity contribution < 1.29 is 4.74 Å². The smallest absolute Gasteiger partial charge is 0.0958 e. The van der Waals surface area contributed by atoms with Crippen molar-refractivity contribution in [1.82, 2.24) is 0 Å². The molecular formula is C23H32O. The predicted octanol–water partition coefficient (Wildman–Crippen LogP) is 6.04. The Morgan fingerprint density at radius 1 is 1.04 bits per heavy atom. The molecule has 24 heavy (non-hydrogen) atoms. The lowest BCUT2D eigenvalue weighted by Gasteiger charge is -2.52. The lowest BCUT2D eigenvalue weighted by atomic mass is 9.52. The van der Waals surface area contributed by atoms with E-state index in [4.69, 9.17) is 4.74 Å². The van der Waals surface area contributed by atoms with Gasteiger partial charge < -0.3 is 4.74 Å². The lowest BCUT2D eigenvalue weighted by Crippen LogP contribution is -2.43. The summed E-state index contributed by atoms with van der Waals surface area (Å²) in [5.41, 5.74) is 4.21. The number of hydrogen-bond donors (Lipinski definition) is 0. The van der Waals surface area contributed by atoms with E-state index in [9.17, 15) is 0 Å². The fourth-order valence-corrected chi connectivity index (χ4v) is 7.09. The molecule has 0 aromatic carbocycles. The van der Waals surface area contributed by atoms with E-state index in [-0.39, 0.29) is 5.41 Å². The highest BCUT2D eigenvalue weighted by Crippen LogP contribution is 2.66. The van der Waals surface area contributed by atoms with E-state index in [1.165, 1.54) is 56.3 Å². The van der Waals surface area contributed by atoms with Crippen LogP contribution in [0.4, 0.5) is 0 Å². The second-order valence-electron chi connectivity index (χ2n) is 9.65. The van der Waals surface area contributed by atoms with E-state index in [2.05, 4.69) is 32.1 Å². The Hall–Kier alpha value is -0.980. The van der Waals surface area contributed by atoms with E-state index in [1.54, 1.807) is 5.57 Å². The van der Waals surface area contributed by atoms with Crippen molar-refractivity contribution in [2.45, 2.75) is 65.2 Å². The molecule has 0 amide bonds. The summed E-state index contributed by atoms with van der Waals surface area (Å²) in [5.74, 6) is 5.02. The maximum Gasteiger partial charge on any atom is 0.0958 e. The molecule has 0 saturated heterocycles. The zero-order chi connectivity index (χ0) is 16.5. The highest BCUT2D eigenvalue weighted by atomic mass is 16.5. The van der Waals surface area contributed by atoms with E-state index in [1.807, 2.05) is 7.11 Å². The van der Waals surface area contributed by atoms with Crippen LogP contribution in [-0.2, 0) is 4.74 Å². The molecule has 0 N–H and O–H groups in total. The summed E-state index contributed by atoms with van der Waals surface area (Å²) >= 11 is 0. The monoisotopic (exact) mass is 324 g/mol. The van der Waals surface area contributed by atoms with Crippen molar-refractivity contribution >= 4 is 0 Å². The lowest BCUT2D eigenvalue weighted by molar-refractivity contribution is 0.0848. The summed E-state index contributed by atoms with van der Waals surface area (Å²) in [6, 6.07) is 0. The maximum absolute atomic E-state index is 5.55. The quantitative estimate of drug-likeness (QED) is 0.563. The fraction of sp³-hybridized carbons (Fsp3) is 0.739. The van der Waals surface area contributed by atoms with Gasteiger partial charge in [-0.25, -0.2) is 0 Å². The van der Waals surface area contributed by atoms with Gasteiger partial charge in [-0.2, -0.15) is 0 Å². The molecule has 2 fully saturated rings. The molecule has 5 aliphatic carbocycles. The Bertz CT molecular complexity index is 649. The average Bonchev–Trinajstić information content (AvgIpc) is 3.35. The second-order valence-corrected chi connectivity index (χ2v) is 9.65. The third-order valence-corrected chi connectivity index (χ3v) is 8.64. The van der Waals surface area contributed by atoms with Gasteiger partial charge in [0.15, 0.2) is 0 Å². The van der Waals surface area contributed by atoms with Crippen molar-refractivity contribution in [1.29, 1.82) is 0 Å². The summed E-state index contributed by atoms with van der Waals surface area (Å²) in [4.78, 5) is 0. The minimum atomic E-state index is 0.282. The molecule has 130 valence electrons. The minimum absolute atomic E-state index is 0.282. The van der Waals surface area contributed by atoms with Gasteiger partial charge in [0, 0.05) is 11.8 Å². The summed E-state index contributed by atoms with van der Waals surface area (Å²) < 4.78 is 5.55. The van der Waals surface area contributed by atoms with Crippen LogP contribution in [0.5, 0.6) is 0 Å². The van der Waals surface area contributed by atoms with Crippen LogP contribution in [0.25, 0.3) is 0 Å². The van der Waals surface area contributed by atoms with Crippen LogP contribution in [0.2, 0.25) is 0 Å². The molecule has 5 rings (SSSR count). The van der Waals surface area contributed by atoms with Crippen LogP contribution in [0, 0.1) is 34.5 Å².